The van der Waals surface area contributed by atoms with Gasteiger partial charge in [0.25, 0.3) is 0 Å². The summed E-state index contributed by atoms with van der Waals surface area (Å²) in [5.74, 6) is 0. The van der Waals surface area contributed by atoms with Crippen LogP contribution in [0.2, 0.25) is 0 Å². The number of pyridine rings is 1. The van der Waals surface area contributed by atoms with E-state index < -0.39 is 0 Å². The van der Waals surface area contributed by atoms with E-state index in [2.05, 4.69) is 20.6 Å². The normalized spacial score (nSPS) is 11.0. The molecular weight excluding hydrogens is 316 g/mol. The largest absolute Gasteiger partial charge is 0.374 e. The highest BCUT2D eigenvalue weighted by molar-refractivity contribution is 5.89. The number of hydrogen-bond donors (Lipinski definition) is 3. The third-order valence-corrected chi connectivity index (χ3v) is 3.69. The zero-order valence-electron chi connectivity index (χ0n) is 14.4. The number of carbonyl (C=O) groups is 1. The van der Waals surface area contributed by atoms with Crippen molar-refractivity contribution in [1.29, 1.82) is 0 Å². The third-order valence-electron chi connectivity index (χ3n) is 3.69. The number of benzene rings is 1. The molecule has 0 saturated heterocycles. The molecule has 1 aromatic carbocycles. The number of rotatable bonds is 6. The van der Waals surface area contributed by atoms with Crippen LogP contribution < -0.4 is 10.6 Å². The minimum absolute atomic E-state index is 0.197. The molecule has 2 aromatic heterocycles. The van der Waals surface area contributed by atoms with E-state index >= 15 is 0 Å². The number of fused-ring (bicyclic) bond motifs is 1. The Bertz CT molecular complexity index is 840. The number of nitrogens with one attached hydrogen (secondary N) is 3. The Labute approximate surface area is 146 Å². The van der Waals surface area contributed by atoms with Gasteiger partial charge in [0.15, 0.2) is 0 Å². The molecule has 0 aliphatic carbocycles. The highest BCUT2D eigenvalue weighted by Crippen LogP contribution is 2.12. The minimum atomic E-state index is -0.264. The van der Waals surface area contributed by atoms with Gasteiger partial charge in [-0.2, -0.15) is 0 Å². The average Bonchev–Trinajstić information content (AvgIpc) is 3.07. The van der Waals surface area contributed by atoms with Crippen LogP contribution in [0, 0.1) is 0 Å². The van der Waals surface area contributed by atoms with Crippen LogP contribution in [-0.2, 0) is 17.9 Å². The van der Waals surface area contributed by atoms with Crippen LogP contribution in [0.4, 0.5) is 10.5 Å². The molecule has 0 atom stereocenters. The van der Waals surface area contributed by atoms with Crippen molar-refractivity contribution in [2.45, 2.75) is 33.1 Å². The lowest BCUT2D eigenvalue weighted by atomic mass is 10.2. The van der Waals surface area contributed by atoms with Gasteiger partial charge in [-0.15, -0.1) is 0 Å². The number of H-pyrrole nitrogens is 1. The highest BCUT2D eigenvalue weighted by atomic mass is 16.5. The molecule has 0 spiro atoms. The van der Waals surface area contributed by atoms with Gasteiger partial charge in [-0.3, -0.25) is 0 Å². The molecule has 0 unspecified atom stereocenters. The zero-order valence-corrected chi connectivity index (χ0v) is 14.4. The van der Waals surface area contributed by atoms with Gasteiger partial charge >= 0.3 is 6.03 Å². The van der Waals surface area contributed by atoms with E-state index in [-0.39, 0.29) is 12.1 Å². The molecule has 6 nitrogen and oxygen atoms in total. The quantitative estimate of drug-likeness (QED) is 0.639. The fourth-order valence-corrected chi connectivity index (χ4v) is 2.36. The van der Waals surface area contributed by atoms with Crippen molar-refractivity contribution >= 4 is 22.8 Å². The number of nitrogens with zero attached hydrogens (tertiary/aromatic N) is 1. The molecule has 0 saturated carbocycles. The summed E-state index contributed by atoms with van der Waals surface area (Å²) in [5.41, 5.74) is 3.42. The molecular formula is C19H22N4O2. The van der Waals surface area contributed by atoms with E-state index in [1.807, 2.05) is 62.5 Å². The molecule has 25 heavy (non-hydrogen) atoms. The Kier molecular flexibility index (Phi) is 5.30. The average molecular weight is 338 g/mol. The van der Waals surface area contributed by atoms with E-state index in [1.54, 1.807) is 0 Å². The molecule has 0 aliphatic rings. The monoisotopic (exact) mass is 338 g/mol. The number of urea groups is 1. The SMILES string of the molecule is CC(C)OCc1ccc(NC(=O)NCc2ccc3cc[nH]c3n2)cc1. The molecule has 130 valence electrons. The van der Waals surface area contributed by atoms with Gasteiger partial charge in [-0.25, -0.2) is 9.78 Å². The van der Waals surface area contributed by atoms with Crippen molar-refractivity contribution in [3.63, 3.8) is 0 Å². The number of anilines is 1. The molecule has 2 heterocycles. The van der Waals surface area contributed by atoms with Crippen molar-refractivity contribution in [2.75, 3.05) is 5.32 Å². The fraction of sp³-hybridized carbons (Fsp3) is 0.263. The zero-order chi connectivity index (χ0) is 17.6. The first-order chi connectivity index (χ1) is 12.1. The smallest absolute Gasteiger partial charge is 0.319 e. The summed E-state index contributed by atoms with van der Waals surface area (Å²) in [7, 11) is 0. The Balaban J connectivity index is 1.50. The first-order valence-corrected chi connectivity index (χ1v) is 8.28. The Hall–Kier alpha value is -2.86. The van der Waals surface area contributed by atoms with Crippen molar-refractivity contribution in [1.82, 2.24) is 15.3 Å². The number of amides is 2. The molecule has 0 bridgehead atoms. The van der Waals surface area contributed by atoms with Crippen molar-refractivity contribution in [3.8, 4) is 0 Å². The van der Waals surface area contributed by atoms with Crippen molar-refractivity contribution < 1.29 is 9.53 Å². The molecule has 0 radical (unpaired) electrons. The van der Waals surface area contributed by atoms with E-state index in [0.717, 1.165) is 28.0 Å². The first-order valence-electron chi connectivity index (χ1n) is 8.28. The summed E-state index contributed by atoms with van der Waals surface area (Å²) >= 11 is 0. The van der Waals surface area contributed by atoms with Gasteiger partial charge in [0.05, 0.1) is 24.9 Å². The maximum Gasteiger partial charge on any atom is 0.319 e. The molecule has 3 rings (SSSR count). The lowest BCUT2D eigenvalue weighted by Gasteiger charge is -2.10. The summed E-state index contributed by atoms with van der Waals surface area (Å²) in [6, 6.07) is 13.2. The number of hydrogen-bond acceptors (Lipinski definition) is 3. The molecule has 0 aliphatic heterocycles. The van der Waals surface area contributed by atoms with E-state index in [9.17, 15) is 4.79 Å². The predicted molar refractivity (Wildman–Crippen MR) is 98.3 cm³/mol. The second kappa shape index (κ2) is 7.81. The van der Waals surface area contributed by atoms with Crippen LogP contribution in [0.3, 0.4) is 0 Å². The van der Waals surface area contributed by atoms with Gasteiger partial charge < -0.3 is 20.4 Å². The number of aromatic amines is 1. The van der Waals surface area contributed by atoms with Gasteiger partial charge in [-0.05, 0) is 49.7 Å². The van der Waals surface area contributed by atoms with Crippen molar-refractivity contribution in [2.24, 2.45) is 0 Å². The van der Waals surface area contributed by atoms with Crippen molar-refractivity contribution in [3.05, 3.63) is 59.9 Å². The van der Waals surface area contributed by atoms with Gasteiger partial charge in [0.2, 0.25) is 0 Å². The molecule has 2 amide bonds. The standard InChI is InChI=1S/C19H22N4O2/c1-13(2)25-12-14-3-6-16(7-4-14)23-19(24)21-11-17-8-5-15-9-10-20-18(15)22-17/h3-10,13H,11-12H2,1-2H3,(H,20,22)(H2,21,23,24). The van der Waals surface area contributed by atoms with E-state index in [0.29, 0.717) is 13.2 Å². The molecule has 6 heteroatoms. The molecule has 3 N–H and O–H groups in total. The Morgan fingerprint density at radius 2 is 1.96 bits per heavy atom. The second-order valence-electron chi connectivity index (χ2n) is 6.08. The van der Waals surface area contributed by atoms with E-state index in [1.165, 1.54) is 0 Å². The van der Waals surface area contributed by atoms with Crippen LogP contribution in [0.15, 0.2) is 48.7 Å². The number of carbonyl (C=O) groups excluding carboxylic acids is 1. The topological polar surface area (TPSA) is 79.0 Å². The summed E-state index contributed by atoms with van der Waals surface area (Å²) in [6.07, 6.45) is 2.04. The third kappa shape index (κ3) is 4.81. The maximum absolute atomic E-state index is 12.0. The summed E-state index contributed by atoms with van der Waals surface area (Å²) in [4.78, 5) is 19.5. The maximum atomic E-state index is 12.0. The summed E-state index contributed by atoms with van der Waals surface area (Å²) < 4.78 is 5.55. The second-order valence-corrected chi connectivity index (χ2v) is 6.08. The Morgan fingerprint density at radius 1 is 1.16 bits per heavy atom. The van der Waals surface area contributed by atoms with Gasteiger partial charge in [0, 0.05) is 17.3 Å². The van der Waals surface area contributed by atoms with Crippen LogP contribution in [0.5, 0.6) is 0 Å². The lowest BCUT2D eigenvalue weighted by Crippen LogP contribution is -2.28. The summed E-state index contributed by atoms with van der Waals surface area (Å²) in [5, 5.41) is 6.67. The number of ether oxygens (including phenoxy) is 1. The van der Waals surface area contributed by atoms with Crippen LogP contribution >= 0.6 is 0 Å². The lowest BCUT2D eigenvalue weighted by molar-refractivity contribution is 0.0657. The van der Waals surface area contributed by atoms with Crippen LogP contribution in [0.1, 0.15) is 25.1 Å². The van der Waals surface area contributed by atoms with E-state index in [4.69, 9.17) is 4.74 Å². The molecule has 0 fully saturated rings. The highest BCUT2D eigenvalue weighted by Gasteiger charge is 2.04. The van der Waals surface area contributed by atoms with Gasteiger partial charge in [0.1, 0.15) is 5.65 Å². The minimum Gasteiger partial charge on any atom is -0.374 e. The predicted octanol–water partition coefficient (Wildman–Crippen LogP) is 3.81. The Morgan fingerprint density at radius 3 is 2.72 bits per heavy atom. The first kappa shape index (κ1) is 17.0. The molecule has 3 aromatic rings. The fourth-order valence-electron chi connectivity index (χ4n) is 2.36. The summed E-state index contributed by atoms with van der Waals surface area (Å²) in [6.45, 7) is 4.93. The van der Waals surface area contributed by atoms with Crippen LogP contribution in [0.25, 0.3) is 11.0 Å². The van der Waals surface area contributed by atoms with Crippen LogP contribution in [-0.4, -0.2) is 22.1 Å². The van der Waals surface area contributed by atoms with Gasteiger partial charge in [-0.1, -0.05) is 12.1 Å². The number of aromatic nitrogens is 2.